The van der Waals surface area contributed by atoms with E-state index in [1.807, 2.05) is 0 Å². The van der Waals surface area contributed by atoms with E-state index in [-0.39, 0.29) is 38.0 Å². The lowest BCUT2D eigenvalue weighted by Crippen LogP contribution is -2.10. The lowest BCUT2D eigenvalue weighted by atomic mass is 10.2. The molecule has 0 saturated carbocycles. The number of nitrogen functional groups attached to an aromatic ring is 1. The van der Waals surface area contributed by atoms with Crippen LogP contribution in [0.2, 0.25) is 0 Å². The predicted molar refractivity (Wildman–Crippen MR) is 81.4 cm³/mol. The van der Waals surface area contributed by atoms with Gasteiger partial charge in [-0.3, -0.25) is 4.79 Å². The second-order valence-corrected chi connectivity index (χ2v) is 4.17. The number of halogens is 1. The van der Waals surface area contributed by atoms with E-state index in [4.69, 9.17) is 15.2 Å². The van der Waals surface area contributed by atoms with Gasteiger partial charge in [0.15, 0.2) is 0 Å². The number of carbonyl (C=O) groups is 1. The van der Waals surface area contributed by atoms with E-state index < -0.39 is 5.09 Å². The van der Waals surface area contributed by atoms with Gasteiger partial charge < -0.3 is 20.0 Å². The number of esters is 1. The summed E-state index contributed by atoms with van der Waals surface area (Å²) >= 11 is 0. The monoisotopic (exact) mass is 334 g/mol. The summed E-state index contributed by atoms with van der Waals surface area (Å²) in [5.41, 5.74) is 6.11. The van der Waals surface area contributed by atoms with Crippen LogP contribution in [-0.4, -0.2) is 30.9 Å². The third-order valence-electron chi connectivity index (χ3n) is 2.43. The van der Waals surface area contributed by atoms with Crippen LogP contribution in [0.5, 0.6) is 5.75 Å². The van der Waals surface area contributed by atoms with Gasteiger partial charge in [0.1, 0.15) is 12.4 Å². The third-order valence-corrected chi connectivity index (χ3v) is 2.43. The smallest absolute Gasteiger partial charge is 0.311 e. The van der Waals surface area contributed by atoms with Crippen molar-refractivity contribution in [3.05, 3.63) is 34.4 Å². The molecule has 1 aromatic rings. The Morgan fingerprint density at radius 3 is 2.68 bits per heavy atom. The third kappa shape index (κ3) is 9.78. The standard InChI is InChI=1S/C13H18N2O6.ClH/c14-11-4-3-5-12(10-11)21-13(16)6-1-2-7-19-8-9-20-15(17)18;/h3-5,10H,1-2,6-9,14H2;1H. The Kier molecular flexibility index (Phi) is 10.5. The van der Waals surface area contributed by atoms with E-state index >= 15 is 0 Å². The van der Waals surface area contributed by atoms with Crippen LogP contribution in [0.4, 0.5) is 5.69 Å². The van der Waals surface area contributed by atoms with Crippen molar-refractivity contribution in [2.24, 2.45) is 0 Å². The number of hydrogen-bond acceptors (Lipinski definition) is 7. The Morgan fingerprint density at radius 1 is 1.23 bits per heavy atom. The molecular formula is C13H19ClN2O6. The molecule has 0 spiro atoms. The molecule has 0 saturated heterocycles. The summed E-state index contributed by atoms with van der Waals surface area (Å²) in [6, 6.07) is 6.65. The number of nitrogens with zero attached hydrogens (tertiary/aromatic N) is 1. The van der Waals surface area contributed by atoms with Crippen LogP contribution in [0.25, 0.3) is 0 Å². The maximum atomic E-state index is 11.5. The minimum Gasteiger partial charge on any atom is -0.426 e. The molecule has 0 fully saturated rings. The largest absolute Gasteiger partial charge is 0.426 e. The number of ether oxygens (including phenoxy) is 2. The topological polar surface area (TPSA) is 114 Å². The fraction of sp³-hybridized carbons (Fsp3) is 0.462. The van der Waals surface area contributed by atoms with Crippen LogP contribution in [0, 0.1) is 10.1 Å². The van der Waals surface area contributed by atoms with E-state index in [1.54, 1.807) is 24.3 Å². The van der Waals surface area contributed by atoms with Crippen molar-refractivity contribution in [2.75, 3.05) is 25.6 Å². The van der Waals surface area contributed by atoms with Crippen molar-refractivity contribution in [2.45, 2.75) is 19.3 Å². The Hall–Kier alpha value is -2.06. The van der Waals surface area contributed by atoms with E-state index in [9.17, 15) is 14.9 Å². The van der Waals surface area contributed by atoms with Crippen molar-refractivity contribution in [1.82, 2.24) is 0 Å². The summed E-state index contributed by atoms with van der Waals surface area (Å²) in [5.74, 6) is 0.0884. The van der Waals surface area contributed by atoms with Crippen LogP contribution in [0.3, 0.4) is 0 Å². The lowest BCUT2D eigenvalue weighted by molar-refractivity contribution is -0.758. The van der Waals surface area contributed by atoms with Gasteiger partial charge in [0, 0.05) is 24.8 Å². The first-order chi connectivity index (χ1) is 10.1. The summed E-state index contributed by atoms with van der Waals surface area (Å²) < 4.78 is 10.2. The van der Waals surface area contributed by atoms with E-state index in [0.717, 1.165) is 0 Å². The zero-order valence-corrected chi connectivity index (χ0v) is 12.8. The van der Waals surface area contributed by atoms with Crippen molar-refractivity contribution in [3.63, 3.8) is 0 Å². The molecule has 22 heavy (non-hydrogen) atoms. The van der Waals surface area contributed by atoms with Crippen LogP contribution in [-0.2, 0) is 14.4 Å². The first-order valence-electron chi connectivity index (χ1n) is 6.49. The Labute approximate surface area is 134 Å². The van der Waals surface area contributed by atoms with E-state index in [1.165, 1.54) is 0 Å². The number of hydrogen-bond donors (Lipinski definition) is 1. The summed E-state index contributed by atoms with van der Waals surface area (Å²) in [7, 11) is 0. The van der Waals surface area contributed by atoms with Gasteiger partial charge in [-0.05, 0) is 25.0 Å². The molecule has 2 N–H and O–H groups in total. The van der Waals surface area contributed by atoms with Gasteiger partial charge >= 0.3 is 5.97 Å². The summed E-state index contributed by atoms with van der Waals surface area (Å²) in [4.78, 5) is 25.5. The molecule has 0 aliphatic heterocycles. The molecule has 0 atom stereocenters. The second-order valence-electron chi connectivity index (χ2n) is 4.17. The molecule has 0 aliphatic carbocycles. The maximum absolute atomic E-state index is 11.5. The van der Waals surface area contributed by atoms with Crippen molar-refractivity contribution in [3.8, 4) is 5.75 Å². The number of carbonyl (C=O) groups excluding carboxylic acids is 1. The first kappa shape index (κ1) is 19.9. The fourth-order valence-corrected chi connectivity index (χ4v) is 1.51. The molecule has 0 bridgehead atoms. The molecule has 0 aliphatic rings. The lowest BCUT2D eigenvalue weighted by Gasteiger charge is -2.05. The van der Waals surface area contributed by atoms with Gasteiger partial charge in [-0.2, -0.15) is 0 Å². The Morgan fingerprint density at radius 2 is 2.00 bits per heavy atom. The minimum atomic E-state index is -0.865. The second kappa shape index (κ2) is 11.6. The summed E-state index contributed by atoms with van der Waals surface area (Å²) in [6.07, 6.45) is 1.53. The molecule has 8 nitrogen and oxygen atoms in total. The number of benzene rings is 1. The molecule has 0 aromatic heterocycles. The zero-order valence-electron chi connectivity index (χ0n) is 11.9. The van der Waals surface area contributed by atoms with Gasteiger partial charge in [-0.25, -0.2) is 0 Å². The van der Waals surface area contributed by atoms with Gasteiger partial charge in [-0.1, -0.05) is 6.07 Å². The highest BCUT2D eigenvalue weighted by Gasteiger charge is 2.05. The summed E-state index contributed by atoms with van der Waals surface area (Å²) in [6.45, 7) is 0.464. The molecule has 0 amide bonds. The quantitative estimate of drug-likeness (QED) is 0.174. The first-order valence-corrected chi connectivity index (χ1v) is 6.49. The van der Waals surface area contributed by atoms with Gasteiger partial charge in [0.2, 0.25) is 0 Å². The zero-order chi connectivity index (χ0) is 15.5. The average Bonchev–Trinajstić information content (AvgIpc) is 2.41. The number of nitrogens with two attached hydrogens (primary N) is 1. The minimum absolute atomic E-state index is 0. The van der Waals surface area contributed by atoms with Crippen molar-refractivity contribution >= 4 is 24.1 Å². The van der Waals surface area contributed by atoms with Crippen LogP contribution < -0.4 is 10.5 Å². The number of unbranched alkanes of at least 4 members (excludes halogenated alkanes) is 1. The van der Waals surface area contributed by atoms with Gasteiger partial charge in [-0.15, -0.1) is 22.5 Å². The fourth-order valence-electron chi connectivity index (χ4n) is 1.51. The molecule has 0 radical (unpaired) electrons. The Bertz CT molecular complexity index is 472. The molecule has 0 heterocycles. The van der Waals surface area contributed by atoms with Crippen LogP contribution in [0.1, 0.15) is 19.3 Å². The predicted octanol–water partition coefficient (Wildman–Crippen LogP) is 1.99. The average molecular weight is 335 g/mol. The molecule has 9 heteroatoms. The number of anilines is 1. The SMILES string of the molecule is Cl.Nc1cccc(OC(=O)CCCCOCCO[N+](=O)[O-])c1. The van der Waals surface area contributed by atoms with Crippen molar-refractivity contribution < 1.29 is 24.2 Å². The highest BCUT2D eigenvalue weighted by atomic mass is 35.5. The highest BCUT2D eigenvalue weighted by Crippen LogP contribution is 2.15. The maximum Gasteiger partial charge on any atom is 0.311 e. The Balaban J connectivity index is 0.00000441. The molecule has 124 valence electrons. The normalized spacial score (nSPS) is 9.64. The highest BCUT2D eigenvalue weighted by molar-refractivity contribution is 5.85. The van der Waals surface area contributed by atoms with E-state index in [0.29, 0.717) is 30.9 Å². The number of rotatable bonds is 10. The van der Waals surface area contributed by atoms with E-state index in [2.05, 4.69) is 4.84 Å². The van der Waals surface area contributed by atoms with Gasteiger partial charge in [0.25, 0.3) is 5.09 Å². The molecule has 1 rings (SSSR count). The van der Waals surface area contributed by atoms with Crippen LogP contribution >= 0.6 is 12.4 Å². The van der Waals surface area contributed by atoms with Gasteiger partial charge in [0.05, 0.1) is 6.61 Å². The molecule has 1 aromatic carbocycles. The van der Waals surface area contributed by atoms with Crippen LogP contribution in [0.15, 0.2) is 24.3 Å². The van der Waals surface area contributed by atoms with Crippen molar-refractivity contribution in [1.29, 1.82) is 0 Å². The molecule has 0 unspecified atom stereocenters. The summed E-state index contributed by atoms with van der Waals surface area (Å²) in [5, 5.41) is 8.98. The molecular weight excluding hydrogens is 316 g/mol.